The normalized spacial score (nSPS) is 20.4. The van der Waals surface area contributed by atoms with E-state index in [-0.39, 0.29) is 30.2 Å². The molecule has 0 aromatic heterocycles. The van der Waals surface area contributed by atoms with E-state index in [9.17, 15) is 14.4 Å². The molecule has 1 aromatic carbocycles. The first kappa shape index (κ1) is 21.3. The molecular formula is C22H31N3O4. The first-order valence-corrected chi connectivity index (χ1v) is 10.6. The molecule has 2 heterocycles. The number of carbonyl (C=O) groups excluding carboxylic acids is 3. The van der Waals surface area contributed by atoms with Crippen molar-refractivity contribution >= 4 is 17.8 Å². The Morgan fingerprint density at radius 1 is 1.00 bits per heavy atom. The number of piperidine rings is 1. The van der Waals surface area contributed by atoms with Crippen LogP contribution in [0.3, 0.4) is 0 Å². The van der Waals surface area contributed by atoms with Crippen LogP contribution in [0.25, 0.3) is 0 Å². The summed E-state index contributed by atoms with van der Waals surface area (Å²) in [4.78, 5) is 42.7. The highest BCUT2D eigenvalue weighted by molar-refractivity contribution is 6.36. The van der Waals surface area contributed by atoms with E-state index in [1.165, 1.54) is 0 Å². The number of Topliss-reactive ketones (excluding diaryl/α,β-unsaturated/α-hetero) is 1. The van der Waals surface area contributed by atoms with Crippen LogP contribution in [0.4, 0.5) is 4.79 Å². The Bertz CT molecular complexity index is 701. The fourth-order valence-corrected chi connectivity index (χ4v) is 4.11. The number of benzene rings is 1. The minimum atomic E-state index is -0.351. The molecule has 2 aliphatic heterocycles. The molecule has 0 N–H and O–H groups in total. The van der Waals surface area contributed by atoms with Crippen molar-refractivity contribution in [2.75, 3.05) is 45.9 Å². The van der Waals surface area contributed by atoms with Gasteiger partial charge in [-0.3, -0.25) is 14.5 Å². The van der Waals surface area contributed by atoms with E-state index in [1.54, 1.807) is 9.80 Å². The summed E-state index contributed by atoms with van der Waals surface area (Å²) in [5, 5.41) is 0. The molecule has 7 nitrogen and oxygen atoms in total. The van der Waals surface area contributed by atoms with E-state index < -0.39 is 0 Å². The number of ether oxygens (including phenoxy) is 1. The highest BCUT2D eigenvalue weighted by atomic mass is 16.6. The maximum atomic E-state index is 12.6. The van der Waals surface area contributed by atoms with Gasteiger partial charge in [0, 0.05) is 51.7 Å². The molecule has 2 fully saturated rings. The second-order valence-corrected chi connectivity index (χ2v) is 7.68. The Hall–Kier alpha value is -2.41. The van der Waals surface area contributed by atoms with Gasteiger partial charge in [-0.25, -0.2) is 4.79 Å². The zero-order chi connectivity index (χ0) is 20.6. The largest absolute Gasteiger partial charge is 0.450 e. The molecule has 0 radical (unpaired) electrons. The van der Waals surface area contributed by atoms with Gasteiger partial charge in [-0.2, -0.15) is 0 Å². The molecule has 1 aromatic rings. The van der Waals surface area contributed by atoms with Crippen molar-refractivity contribution in [2.24, 2.45) is 0 Å². The monoisotopic (exact) mass is 401 g/mol. The van der Waals surface area contributed by atoms with Crippen molar-refractivity contribution in [1.29, 1.82) is 0 Å². The number of rotatable bonds is 6. The van der Waals surface area contributed by atoms with Crippen molar-refractivity contribution < 1.29 is 19.1 Å². The predicted octanol–water partition coefficient (Wildman–Crippen LogP) is 1.95. The van der Waals surface area contributed by atoms with Crippen molar-refractivity contribution in [3.05, 3.63) is 35.9 Å². The van der Waals surface area contributed by atoms with Gasteiger partial charge in [0.2, 0.25) is 5.78 Å². The minimum absolute atomic E-state index is 0.249. The summed E-state index contributed by atoms with van der Waals surface area (Å²) in [6, 6.07) is 10.0. The Morgan fingerprint density at radius 2 is 1.72 bits per heavy atom. The molecule has 1 atom stereocenters. The molecule has 0 saturated carbocycles. The van der Waals surface area contributed by atoms with E-state index in [0.717, 1.165) is 31.5 Å². The van der Waals surface area contributed by atoms with Crippen LogP contribution in [0.2, 0.25) is 0 Å². The molecule has 3 rings (SSSR count). The number of carbonyl (C=O) groups is 3. The quantitative estimate of drug-likeness (QED) is 0.682. The maximum absolute atomic E-state index is 12.6. The van der Waals surface area contributed by atoms with E-state index in [4.69, 9.17) is 4.74 Å². The van der Waals surface area contributed by atoms with Crippen molar-refractivity contribution in [3.8, 4) is 0 Å². The first-order chi connectivity index (χ1) is 14.1. The van der Waals surface area contributed by atoms with E-state index >= 15 is 0 Å². The molecule has 29 heavy (non-hydrogen) atoms. The number of aryl methyl sites for hydroxylation is 1. The third-order valence-electron chi connectivity index (χ3n) is 5.76. The van der Waals surface area contributed by atoms with Gasteiger partial charge in [0.25, 0.3) is 5.91 Å². The number of hydrogen-bond donors (Lipinski definition) is 0. The Kier molecular flexibility index (Phi) is 7.63. The lowest BCUT2D eigenvalue weighted by Gasteiger charge is -2.42. The molecule has 7 heteroatoms. The fraction of sp³-hybridized carbons (Fsp3) is 0.591. The zero-order valence-corrected chi connectivity index (χ0v) is 17.2. The predicted molar refractivity (Wildman–Crippen MR) is 110 cm³/mol. The number of hydrogen-bond acceptors (Lipinski definition) is 5. The number of piperazine rings is 1. The van der Waals surface area contributed by atoms with Crippen LogP contribution in [0.1, 0.15) is 31.7 Å². The second kappa shape index (κ2) is 10.4. The number of likely N-dealkylation sites (tertiary alicyclic amines) is 1. The molecule has 2 amide bonds. The lowest BCUT2D eigenvalue weighted by molar-refractivity contribution is -0.146. The third-order valence-corrected chi connectivity index (χ3v) is 5.76. The summed E-state index contributed by atoms with van der Waals surface area (Å²) in [5.74, 6) is -0.655. The highest BCUT2D eigenvalue weighted by Crippen LogP contribution is 2.19. The topological polar surface area (TPSA) is 70.2 Å². The van der Waals surface area contributed by atoms with Gasteiger partial charge in [-0.05, 0) is 31.7 Å². The van der Waals surface area contributed by atoms with E-state index in [0.29, 0.717) is 39.2 Å². The third kappa shape index (κ3) is 5.79. The summed E-state index contributed by atoms with van der Waals surface area (Å²) >= 11 is 0. The van der Waals surface area contributed by atoms with Gasteiger partial charge >= 0.3 is 6.09 Å². The molecule has 0 aliphatic carbocycles. The van der Waals surface area contributed by atoms with Gasteiger partial charge in [-0.1, -0.05) is 30.3 Å². The van der Waals surface area contributed by atoms with Crippen LogP contribution >= 0.6 is 0 Å². The number of nitrogens with zero attached hydrogens (tertiary/aromatic N) is 3. The average Bonchev–Trinajstić information content (AvgIpc) is 2.78. The minimum Gasteiger partial charge on any atom is -0.450 e. The van der Waals surface area contributed by atoms with Crippen LogP contribution < -0.4 is 0 Å². The lowest BCUT2D eigenvalue weighted by atomic mass is 10.0. The van der Waals surface area contributed by atoms with Gasteiger partial charge in [0.05, 0.1) is 6.61 Å². The summed E-state index contributed by atoms with van der Waals surface area (Å²) < 4.78 is 5.07. The molecule has 0 spiro atoms. The standard InChI is InChI=1S/C22H31N3O4/c1-2-29-22(28)24-15-13-23(14-16-24)19-9-6-12-25(17-19)21(27)20(26)11-10-18-7-4-3-5-8-18/h3-5,7-8,19H,2,6,9-17H2,1H3/t19-/m0/s1. The lowest BCUT2D eigenvalue weighted by Crippen LogP contribution is -2.57. The molecule has 2 aliphatic rings. The SMILES string of the molecule is CCOC(=O)N1CCN([C@H]2CCCN(C(=O)C(=O)CCc3ccccc3)C2)CC1. The number of ketones is 1. The number of amides is 2. The summed E-state index contributed by atoms with van der Waals surface area (Å²) in [6.45, 7) is 6.25. The maximum Gasteiger partial charge on any atom is 0.409 e. The highest BCUT2D eigenvalue weighted by Gasteiger charge is 2.32. The van der Waals surface area contributed by atoms with Gasteiger partial charge in [0.15, 0.2) is 0 Å². The second-order valence-electron chi connectivity index (χ2n) is 7.68. The summed E-state index contributed by atoms with van der Waals surface area (Å²) in [6.07, 6.45) is 2.51. The molecule has 2 saturated heterocycles. The van der Waals surface area contributed by atoms with Gasteiger partial charge < -0.3 is 14.5 Å². The van der Waals surface area contributed by atoms with Crippen LogP contribution in [0.15, 0.2) is 30.3 Å². The van der Waals surface area contributed by atoms with Gasteiger partial charge in [0.1, 0.15) is 0 Å². The van der Waals surface area contributed by atoms with E-state index in [1.807, 2.05) is 37.3 Å². The van der Waals surface area contributed by atoms with Crippen molar-refractivity contribution in [3.63, 3.8) is 0 Å². The van der Waals surface area contributed by atoms with Gasteiger partial charge in [-0.15, -0.1) is 0 Å². The average molecular weight is 402 g/mol. The Balaban J connectivity index is 1.47. The summed E-state index contributed by atoms with van der Waals surface area (Å²) in [7, 11) is 0. The Labute approximate surface area is 172 Å². The van der Waals surface area contributed by atoms with Crippen LogP contribution in [0.5, 0.6) is 0 Å². The zero-order valence-electron chi connectivity index (χ0n) is 17.2. The van der Waals surface area contributed by atoms with Crippen LogP contribution in [0, 0.1) is 0 Å². The van der Waals surface area contributed by atoms with Crippen molar-refractivity contribution in [1.82, 2.24) is 14.7 Å². The molecule has 0 unspecified atom stereocenters. The smallest absolute Gasteiger partial charge is 0.409 e. The van der Waals surface area contributed by atoms with E-state index in [2.05, 4.69) is 4.90 Å². The molecule has 158 valence electrons. The molecular weight excluding hydrogens is 370 g/mol. The fourth-order valence-electron chi connectivity index (χ4n) is 4.11. The summed E-state index contributed by atoms with van der Waals surface area (Å²) in [5.41, 5.74) is 1.07. The van der Waals surface area contributed by atoms with Crippen LogP contribution in [-0.4, -0.2) is 84.4 Å². The molecule has 0 bridgehead atoms. The van der Waals surface area contributed by atoms with Crippen molar-refractivity contribution in [2.45, 2.75) is 38.6 Å². The Morgan fingerprint density at radius 3 is 2.41 bits per heavy atom. The first-order valence-electron chi connectivity index (χ1n) is 10.6. The van der Waals surface area contributed by atoms with Crippen LogP contribution in [-0.2, 0) is 20.7 Å².